The minimum Gasteiger partial charge on any atom is -0.332 e. The number of thiocarbonyl (C=S) groups is 1. The predicted octanol–water partition coefficient (Wildman–Crippen LogP) is 6.05. The first-order valence-corrected chi connectivity index (χ1v) is 9.93. The van der Waals surface area contributed by atoms with Crippen LogP contribution in [-0.2, 0) is 0 Å². The fraction of sp³-hybridized carbons (Fsp3) is 0.0435. The first-order valence-electron chi connectivity index (χ1n) is 8.73. The van der Waals surface area contributed by atoms with Crippen LogP contribution in [0.5, 0.6) is 0 Å². The molecule has 1 amide bonds. The zero-order valence-electron chi connectivity index (χ0n) is 15.3. The maximum Gasteiger partial charge on any atom is 0.257 e. The van der Waals surface area contributed by atoms with Gasteiger partial charge in [0, 0.05) is 15.7 Å². The van der Waals surface area contributed by atoms with E-state index >= 15 is 0 Å². The topological polar surface area (TPSA) is 41.1 Å². The molecule has 0 saturated heterocycles. The molecule has 28 heavy (non-hydrogen) atoms. The van der Waals surface area contributed by atoms with Crippen LogP contribution in [0.4, 0.5) is 5.69 Å². The Morgan fingerprint density at radius 3 is 2.21 bits per heavy atom. The molecule has 140 valence electrons. The van der Waals surface area contributed by atoms with Crippen LogP contribution in [0.1, 0.15) is 27.0 Å². The maximum atomic E-state index is 12.3. The van der Waals surface area contributed by atoms with E-state index in [2.05, 4.69) is 50.8 Å². The van der Waals surface area contributed by atoms with Crippen molar-refractivity contribution in [3.8, 4) is 0 Å². The van der Waals surface area contributed by atoms with Crippen LogP contribution in [0.3, 0.4) is 0 Å². The average molecular weight is 451 g/mol. The zero-order chi connectivity index (χ0) is 19.9. The molecular weight excluding hydrogens is 432 g/mol. The molecule has 0 atom stereocenters. The first kappa shape index (κ1) is 20.0. The SMILES string of the molecule is Cc1ccc(C(=O)NC(=S)Nc2ccc(C=Cc3ccccc3)cc2)cc1Br. The molecule has 0 spiro atoms. The molecule has 0 radical (unpaired) electrons. The maximum absolute atomic E-state index is 12.3. The summed E-state index contributed by atoms with van der Waals surface area (Å²) >= 11 is 8.68. The Morgan fingerprint density at radius 1 is 0.929 bits per heavy atom. The summed E-state index contributed by atoms with van der Waals surface area (Å²) in [6, 6.07) is 23.4. The Bertz CT molecular complexity index is 1010. The van der Waals surface area contributed by atoms with E-state index in [1.165, 1.54) is 0 Å². The molecule has 3 aromatic carbocycles. The van der Waals surface area contributed by atoms with Crippen LogP contribution in [0.15, 0.2) is 77.3 Å². The third kappa shape index (κ3) is 5.62. The Hall–Kier alpha value is -2.76. The van der Waals surface area contributed by atoms with Gasteiger partial charge in [0.25, 0.3) is 5.91 Å². The molecule has 0 saturated carbocycles. The van der Waals surface area contributed by atoms with E-state index in [1.807, 2.05) is 55.5 Å². The lowest BCUT2D eigenvalue weighted by Crippen LogP contribution is -2.34. The van der Waals surface area contributed by atoms with Gasteiger partial charge >= 0.3 is 0 Å². The second-order valence-electron chi connectivity index (χ2n) is 6.24. The number of carbonyl (C=O) groups is 1. The van der Waals surface area contributed by atoms with E-state index in [4.69, 9.17) is 12.2 Å². The number of aryl methyl sites for hydroxylation is 1. The average Bonchev–Trinajstić information content (AvgIpc) is 2.70. The third-order valence-corrected chi connectivity index (χ3v) is 5.16. The highest BCUT2D eigenvalue weighted by Crippen LogP contribution is 2.17. The second kappa shape index (κ2) is 9.44. The van der Waals surface area contributed by atoms with Crippen LogP contribution in [0, 0.1) is 6.92 Å². The van der Waals surface area contributed by atoms with E-state index in [0.29, 0.717) is 5.56 Å². The summed E-state index contributed by atoms with van der Waals surface area (Å²) in [5, 5.41) is 5.99. The monoisotopic (exact) mass is 450 g/mol. The van der Waals surface area contributed by atoms with E-state index in [-0.39, 0.29) is 11.0 Å². The lowest BCUT2D eigenvalue weighted by Gasteiger charge is -2.10. The van der Waals surface area contributed by atoms with Crippen LogP contribution in [0.25, 0.3) is 12.2 Å². The highest BCUT2D eigenvalue weighted by atomic mass is 79.9. The fourth-order valence-electron chi connectivity index (χ4n) is 2.51. The lowest BCUT2D eigenvalue weighted by molar-refractivity contribution is 0.0977. The minimum absolute atomic E-state index is 0.249. The summed E-state index contributed by atoms with van der Waals surface area (Å²) in [6.45, 7) is 1.97. The minimum atomic E-state index is -0.249. The number of anilines is 1. The quantitative estimate of drug-likeness (QED) is 0.375. The summed E-state index contributed by atoms with van der Waals surface area (Å²) in [7, 11) is 0. The number of hydrogen-bond acceptors (Lipinski definition) is 2. The van der Waals surface area contributed by atoms with Crippen molar-refractivity contribution >= 4 is 57.0 Å². The highest BCUT2D eigenvalue weighted by molar-refractivity contribution is 9.10. The van der Waals surface area contributed by atoms with Crippen molar-refractivity contribution in [3.05, 3.63) is 99.5 Å². The molecule has 0 aliphatic heterocycles. The van der Waals surface area contributed by atoms with E-state index in [0.717, 1.165) is 26.9 Å². The molecule has 0 aliphatic rings. The van der Waals surface area contributed by atoms with Crippen molar-refractivity contribution in [2.24, 2.45) is 0 Å². The largest absolute Gasteiger partial charge is 0.332 e. The van der Waals surface area contributed by atoms with Crippen molar-refractivity contribution in [2.45, 2.75) is 6.92 Å². The van der Waals surface area contributed by atoms with Crippen molar-refractivity contribution in [1.29, 1.82) is 0 Å². The summed E-state index contributed by atoms with van der Waals surface area (Å²) < 4.78 is 0.887. The van der Waals surface area contributed by atoms with Crippen molar-refractivity contribution in [3.63, 3.8) is 0 Å². The molecule has 0 fully saturated rings. The number of hydrogen-bond donors (Lipinski definition) is 2. The number of benzene rings is 3. The van der Waals surface area contributed by atoms with Gasteiger partial charge in [0.2, 0.25) is 0 Å². The Labute approximate surface area is 178 Å². The number of nitrogens with one attached hydrogen (secondary N) is 2. The molecule has 2 N–H and O–H groups in total. The molecule has 0 heterocycles. The van der Waals surface area contributed by atoms with Gasteiger partial charge in [0.15, 0.2) is 5.11 Å². The molecule has 0 bridgehead atoms. The Balaban J connectivity index is 1.57. The van der Waals surface area contributed by atoms with E-state index < -0.39 is 0 Å². The number of rotatable bonds is 4. The standard InChI is InChI=1S/C23H19BrN2OS/c1-16-7-12-19(15-21(16)24)22(27)26-23(28)25-20-13-10-18(11-14-20)9-8-17-5-3-2-4-6-17/h2-15H,1H3,(H2,25,26,27,28). The smallest absolute Gasteiger partial charge is 0.257 e. The summed E-state index contributed by atoms with van der Waals surface area (Å²) in [4.78, 5) is 12.3. The van der Waals surface area contributed by atoms with Crippen molar-refractivity contribution in [2.75, 3.05) is 5.32 Å². The summed E-state index contributed by atoms with van der Waals surface area (Å²) in [6.07, 6.45) is 4.11. The van der Waals surface area contributed by atoms with Gasteiger partial charge in [-0.2, -0.15) is 0 Å². The molecule has 3 aromatic rings. The van der Waals surface area contributed by atoms with Gasteiger partial charge in [0.1, 0.15) is 0 Å². The third-order valence-electron chi connectivity index (χ3n) is 4.10. The molecule has 3 nitrogen and oxygen atoms in total. The molecular formula is C23H19BrN2OS. The molecule has 0 aromatic heterocycles. The van der Waals surface area contributed by atoms with Crippen LogP contribution < -0.4 is 10.6 Å². The highest BCUT2D eigenvalue weighted by Gasteiger charge is 2.09. The van der Waals surface area contributed by atoms with Gasteiger partial charge in [-0.1, -0.05) is 76.6 Å². The van der Waals surface area contributed by atoms with Gasteiger partial charge in [0.05, 0.1) is 0 Å². The summed E-state index contributed by atoms with van der Waals surface area (Å²) in [5.74, 6) is -0.249. The number of amides is 1. The number of carbonyl (C=O) groups excluding carboxylic acids is 1. The van der Waals surface area contributed by atoms with Gasteiger partial charge in [-0.25, -0.2) is 0 Å². The van der Waals surface area contributed by atoms with Crippen molar-refractivity contribution in [1.82, 2.24) is 5.32 Å². The predicted molar refractivity (Wildman–Crippen MR) is 124 cm³/mol. The first-order chi connectivity index (χ1) is 13.5. The van der Waals surface area contributed by atoms with Gasteiger partial charge in [-0.05, 0) is 60.1 Å². The summed E-state index contributed by atoms with van der Waals surface area (Å²) in [5.41, 5.74) is 4.65. The fourth-order valence-corrected chi connectivity index (χ4v) is 3.10. The van der Waals surface area contributed by atoms with Crippen molar-refractivity contribution < 1.29 is 4.79 Å². The van der Waals surface area contributed by atoms with E-state index in [9.17, 15) is 4.79 Å². The van der Waals surface area contributed by atoms with E-state index in [1.54, 1.807) is 12.1 Å². The van der Waals surface area contributed by atoms with Gasteiger partial charge in [-0.15, -0.1) is 0 Å². The number of halogens is 1. The van der Waals surface area contributed by atoms with Gasteiger partial charge in [-0.3, -0.25) is 10.1 Å². The normalized spacial score (nSPS) is 10.6. The van der Waals surface area contributed by atoms with Crippen LogP contribution >= 0.6 is 28.1 Å². The molecule has 5 heteroatoms. The molecule has 3 rings (SSSR count). The molecule has 0 aliphatic carbocycles. The van der Waals surface area contributed by atoms with Crippen LogP contribution in [0.2, 0.25) is 0 Å². The molecule has 0 unspecified atom stereocenters. The Kier molecular flexibility index (Phi) is 6.74. The second-order valence-corrected chi connectivity index (χ2v) is 7.50. The lowest BCUT2D eigenvalue weighted by atomic mass is 10.1. The zero-order valence-corrected chi connectivity index (χ0v) is 17.7. The Morgan fingerprint density at radius 2 is 1.57 bits per heavy atom. The van der Waals surface area contributed by atoms with Crippen LogP contribution in [-0.4, -0.2) is 11.0 Å². The van der Waals surface area contributed by atoms with Gasteiger partial charge < -0.3 is 5.32 Å².